The van der Waals surface area contributed by atoms with E-state index < -0.39 is 15.9 Å². The zero-order valence-electron chi connectivity index (χ0n) is 11.8. The van der Waals surface area contributed by atoms with E-state index >= 15 is 0 Å². The summed E-state index contributed by atoms with van der Waals surface area (Å²) in [6.45, 7) is 1.70. The van der Waals surface area contributed by atoms with Crippen LogP contribution in [-0.2, 0) is 14.6 Å². The van der Waals surface area contributed by atoms with Crippen LogP contribution >= 0.6 is 0 Å². The van der Waals surface area contributed by atoms with Gasteiger partial charge in [-0.15, -0.1) is 0 Å². The molecule has 1 unspecified atom stereocenters. The predicted molar refractivity (Wildman–Crippen MR) is 80.5 cm³/mol. The monoisotopic (exact) mass is 310 g/mol. The van der Waals surface area contributed by atoms with Crippen molar-refractivity contribution in [3.8, 4) is 5.75 Å². The molecule has 1 aromatic rings. The molecule has 114 valence electrons. The van der Waals surface area contributed by atoms with Crippen LogP contribution in [0.4, 0.5) is 11.4 Å². The third-order valence-electron chi connectivity index (χ3n) is 3.84. The molecule has 0 bridgehead atoms. The highest BCUT2D eigenvalue weighted by Gasteiger charge is 2.25. The zero-order valence-corrected chi connectivity index (χ0v) is 12.6. The Morgan fingerprint density at radius 3 is 2.71 bits per heavy atom. The molecule has 0 saturated carbocycles. The van der Waals surface area contributed by atoms with Crippen molar-refractivity contribution in [2.24, 2.45) is 0 Å². The summed E-state index contributed by atoms with van der Waals surface area (Å²) in [5.74, 6) is 0.946. The van der Waals surface area contributed by atoms with E-state index in [1.165, 1.54) is 0 Å². The normalized spacial score (nSPS) is 24.6. The molecular weight excluding hydrogens is 292 g/mol. The SMILES string of the molecule is CC1Oc2ccc(NC3CCS(=O)(=O)CC3)cc2NC1=O. The number of ether oxygens (including phenoxy) is 1. The van der Waals surface area contributed by atoms with Crippen LogP contribution in [0.1, 0.15) is 19.8 Å². The molecule has 0 spiro atoms. The number of hydrogen-bond donors (Lipinski definition) is 2. The molecule has 1 atom stereocenters. The van der Waals surface area contributed by atoms with Crippen LogP contribution in [0.5, 0.6) is 5.75 Å². The van der Waals surface area contributed by atoms with Crippen LogP contribution < -0.4 is 15.4 Å². The van der Waals surface area contributed by atoms with E-state index in [-0.39, 0.29) is 23.5 Å². The number of carbonyl (C=O) groups is 1. The Morgan fingerprint density at radius 2 is 2.00 bits per heavy atom. The van der Waals surface area contributed by atoms with Crippen molar-refractivity contribution in [2.45, 2.75) is 31.9 Å². The van der Waals surface area contributed by atoms with Crippen molar-refractivity contribution in [2.75, 3.05) is 22.1 Å². The maximum Gasteiger partial charge on any atom is 0.265 e. The van der Waals surface area contributed by atoms with Gasteiger partial charge in [0.2, 0.25) is 0 Å². The number of sulfone groups is 1. The molecule has 2 heterocycles. The summed E-state index contributed by atoms with van der Waals surface area (Å²) in [6.07, 6.45) is 0.735. The minimum absolute atomic E-state index is 0.144. The Labute approximate surface area is 123 Å². The van der Waals surface area contributed by atoms with Crippen LogP contribution in [0.3, 0.4) is 0 Å². The molecule has 6 nitrogen and oxygen atoms in total. The minimum atomic E-state index is -2.85. The van der Waals surface area contributed by atoms with Crippen molar-refractivity contribution in [1.82, 2.24) is 0 Å². The topological polar surface area (TPSA) is 84.5 Å². The second-order valence-corrected chi connectivity index (χ2v) is 7.83. The Morgan fingerprint density at radius 1 is 1.29 bits per heavy atom. The second kappa shape index (κ2) is 5.22. The van der Waals surface area contributed by atoms with E-state index in [1.54, 1.807) is 6.92 Å². The van der Waals surface area contributed by atoms with E-state index in [9.17, 15) is 13.2 Å². The summed E-state index contributed by atoms with van der Waals surface area (Å²) in [5, 5.41) is 6.12. The molecule has 1 fully saturated rings. The molecule has 7 heteroatoms. The van der Waals surface area contributed by atoms with Crippen molar-refractivity contribution in [1.29, 1.82) is 0 Å². The van der Waals surface area contributed by atoms with Gasteiger partial charge < -0.3 is 15.4 Å². The summed E-state index contributed by atoms with van der Waals surface area (Å²) in [4.78, 5) is 11.6. The average Bonchev–Trinajstić information content (AvgIpc) is 2.43. The lowest BCUT2D eigenvalue weighted by Crippen LogP contribution is -2.34. The van der Waals surface area contributed by atoms with Gasteiger partial charge in [0, 0.05) is 11.7 Å². The van der Waals surface area contributed by atoms with Crippen LogP contribution in [0.2, 0.25) is 0 Å². The van der Waals surface area contributed by atoms with Gasteiger partial charge in [-0.25, -0.2) is 8.42 Å². The number of anilines is 2. The largest absolute Gasteiger partial charge is 0.479 e. The standard InChI is InChI=1S/C14H18N2O4S/c1-9-14(17)16-12-8-11(2-3-13(12)20-9)15-10-4-6-21(18,19)7-5-10/h2-3,8-10,15H,4-7H2,1H3,(H,16,17). The van der Waals surface area contributed by atoms with Crippen molar-refractivity contribution in [3.05, 3.63) is 18.2 Å². The van der Waals surface area contributed by atoms with E-state index in [0.717, 1.165) is 5.69 Å². The molecular formula is C14H18N2O4S. The molecule has 2 aliphatic heterocycles. The molecule has 2 N–H and O–H groups in total. The van der Waals surface area contributed by atoms with Gasteiger partial charge in [-0.1, -0.05) is 0 Å². The van der Waals surface area contributed by atoms with Gasteiger partial charge in [-0.05, 0) is 38.0 Å². The number of amides is 1. The summed E-state index contributed by atoms with van der Waals surface area (Å²) in [7, 11) is -2.85. The van der Waals surface area contributed by atoms with Crippen LogP contribution in [0, 0.1) is 0 Å². The summed E-state index contributed by atoms with van der Waals surface area (Å²) < 4.78 is 28.3. The lowest BCUT2D eigenvalue weighted by molar-refractivity contribution is -0.122. The highest BCUT2D eigenvalue weighted by atomic mass is 32.2. The average molecular weight is 310 g/mol. The van der Waals surface area contributed by atoms with Gasteiger partial charge in [0.15, 0.2) is 6.10 Å². The Balaban J connectivity index is 1.70. The van der Waals surface area contributed by atoms with Gasteiger partial charge in [-0.2, -0.15) is 0 Å². The van der Waals surface area contributed by atoms with Crippen molar-refractivity contribution >= 4 is 27.1 Å². The number of carbonyl (C=O) groups excluding carboxylic acids is 1. The van der Waals surface area contributed by atoms with Gasteiger partial charge in [0.25, 0.3) is 5.91 Å². The molecule has 0 aliphatic carbocycles. The number of hydrogen-bond acceptors (Lipinski definition) is 5. The summed E-state index contributed by atoms with van der Waals surface area (Å²) in [6, 6.07) is 5.66. The highest BCUT2D eigenvalue weighted by molar-refractivity contribution is 7.91. The number of benzene rings is 1. The van der Waals surface area contributed by atoms with Crippen LogP contribution in [0.25, 0.3) is 0 Å². The van der Waals surface area contributed by atoms with Gasteiger partial charge >= 0.3 is 0 Å². The minimum Gasteiger partial charge on any atom is -0.479 e. The Kier molecular flexibility index (Phi) is 3.52. The smallest absolute Gasteiger partial charge is 0.265 e. The van der Waals surface area contributed by atoms with Crippen LogP contribution in [-0.4, -0.2) is 38.0 Å². The first kappa shape index (κ1) is 14.2. The molecule has 1 amide bonds. The van der Waals surface area contributed by atoms with E-state index in [4.69, 9.17) is 4.74 Å². The second-order valence-electron chi connectivity index (χ2n) is 5.53. The molecule has 1 aromatic carbocycles. The van der Waals surface area contributed by atoms with E-state index in [0.29, 0.717) is 24.3 Å². The fourth-order valence-electron chi connectivity index (χ4n) is 2.57. The lowest BCUT2D eigenvalue weighted by atomic mass is 10.1. The number of fused-ring (bicyclic) bond motifs is 1. The fourth-order valence-corrected chi connectivity index (χ4v) is 4.06. The maximum atomic E-state index is 11.6. The van der Waals surface area contributed by atoms with Crippen molar-refractivity contribution in [3.63, 3.8) is 0 Å². The van der Waals surface area contributed by atoms with Gasteiger partial charge in [0.05, 0.1) is 17.2 Å². The third kappa shape index (κ3) is 3.12. The Bertz CT molecular complexity index is 658. The first-order valence-corrected chi connectivity index (χ1v) is 8.84. The number of nitrogens with one attached hydrogen (secondary N) is 2. The molecule has 0 aromatic heterocycles. The lowest BCUT2D eigenvalue weighted by Gasteiger charge is -2.26. The summed E-state index contributed by atoms with van der Waals surface area (Å²) in [5.41, 5.74) is 1.50. The van der Waals surface area contributed by atoms with E-state index in [1.807, 2.05) is 18.2 Å². The molecule has 0 radical (unpaired) electrons. The molecule has 2 aliphatic rings. The fraction of sp³-hybridized carbons (Fsp3) is 0.500. The first-order valence-electron chi connectivity index (χ1n) is 7.01. The highest BCUT2D eigenvalue weighted by Crippen LogP contribution is 2.32. The quantitative estimate of drug-likeness (QED) is 0.862. The maximum absolute atomic E-state index is 11.6. The van der Waals surface area contributed by atoms with Gasteiger partial charge in [-0.3, -0.25) is 4.79 Å². The van der Waals surface area contributed by atoms with Gasteiger partial charge in [0.1, 0.15) is 15.6 Å². The zero-order chi connectivity index (χ0) is 15.0. The Hall–Kier alpha value is -1.76. The van der Waals surface area contributed by atoms with Crippen LogP contribution in [0.15, 0.2) is 18.2 Å². The first-order chi connectivity index (χ1) is 9.93. The summed E-state index contributed by atoms with van der Waals surface area (Å²) >= 11 is 0. The third-order valence-corrected chi connectivity index (χ3v) is 5.55. The molecule has 1 saturated heterocycles. The predicted octanol–water partition coefficient (Wildman–Crippen LogP) is 1.40. The van der Waals surface area contributed by atoms with E-state index in [2.05, 4.69) is 10.6 Å². The molecule has 3 rings (SSSR count). The molecule has 21 heavy (non-hydrogen) atoms. The van der Waals surface area contributed by atoms with Crippen molar-refractivity contribution < 1.29 is 17.9 Å². The number of rotatable bonds is 2.